The molecule has 1 heterocycles. The summed E-state index contributed by atoms with van der Waals surface area (Å²) in [6.07, 6.45) is -4.09. The molecule has 0 radical (unpaired) electrons. The predicted molar refractivity (Wildman–Crippen MR) is 45.3 cm³/mol. The van der Waals surface area contributed by atoms with Crippen LogP contribution in [0.4, 0.5) is 13.2 Å². The molecule has 0 aliphatic rings. The first kappa shape index (κ1) is 11.1. The summed E-state index contributed by atoms with van der Waals surface area (Å²) in [6, 6.07) is 2.14. The molecule has 15 heavy (non-hydrogen) atoms. The molecular weight excluding hydrogens is 213 g/mol. The molecule has 1 aromatic heterocycles. The van der Waals surface area contributed by atoms with Crippen LogP contribution in [0, 0.1) is 5.21 Å². The number of hydrogen-bond acceptors (Lipinski definition) is 3. The number of aromatic nitrogens is 1. The lowest BCUT2D eigenvalue weighted by atomic mass is 10.1. The second-order valence-corrected chi connectivity index (χ2v) is 2.61. The van der Waals surface area contributed by atoms with Gasteiger partial charge in [0, 0.05) is 6.07 Å². The molecule has 4 N–H and O–H groups in total. The van der Waals surface area contributed by atoms with E-state index in [2.05, 4.69) is 5.10 Å². The molecule has 0 saturated heterocycles. The summed E-state index contributed by atoms with van der Waals surface area (Å²) in [5.74, 6) is 4.20. The minimum atomic E-state index is -4.81. The number of hydrogen-bond donors (Lipinski definition) is 2. The number of amidine groups is 1. The van der Waals surface area contributed by atoms with E-state index in [0.29, 0.717) is 0 Å². The summed E-state index contributed by atoms with van der Waals surface area (Å²) in [7, 11) is 0. The zero-order valence-corrected chi connectivity index (χ0v) is 7.32. The zero-order valence-electron chi connectivity index (χ0n) is 7.32. The highest BCUT2D eigenvalue weighted by atomic mass is 19.4. The van der Waals surface area contributed by atoms with Crippen molar-refractivity contribution in [3.8, 4) is 0 Å². The molecule has 0 saturated carbocycles. The molecule has 82 valence electrons. The Bertz CT molecular complexity index is 402. The van der Waals surface area contributed by atoms with Crippen LogP contribution in [0.15, 0.2) is 23.4 Å². The van der Waals surface area contributed by atoms with Crippen LogP contribution in [-0.4, -0.2) is 5.84 Å². The van der Waals surface area contributed by atoms with E-state index in [1.165, 1.54) is 0 Å². The fraction of sp³-hybridized carbons (Fsp3) is 0.143. The molecule has 0 aromatic carbocycles. The van der Waals surface area contributed by atoms with Gasteiger partial charge < -0.3 is 16.8 Å². The summed E-state index contributed by atoms with van der Waals surface area (Å²) in [4.78, 5) is 0. The van der Waals surface area contributed by atoms with Gasteiger partial charge >= 0.3 is 11.9 Å². The molecule has 1 aromatic rings. The van der Waals surface area contributed by atoms with Gasteiger partial charge in [0.25, 0.3) is 0 Å². The Labute approximate surface area is 82.4 Å². The first-order valence-corrected chi connectivity index (χ1v) is 3.71. The number of pyridine rings is 1. The van der Waals surface area contributed by atoms with E-state index in [4.69, 9.17) is 11.6 Å². The molecule has 0 amide bonds. The lowest BCUT2D eigenvalue weighted by Crippen LogP contribution is -2.40. The molecule has 0 unspecified atom stereocenters. The molecule has 8 heteroatoms. The van der Waals surface area contributed by atoms with Gasteiger partial charge in [-0.15, -0.1) is 0 Å². The van der Waals surface area contributed by atoms with Crippen LogP contribution in [0.25, 0.3) is 0 Å². The van der Waals surface area contributed by atoms with Crippen molar-refractivity contribution >= 4 is 5.84 Å². The van der Waals surface area contributed by atoms with Gasteiger partial charge in [-0.05, 0) is 6.07 Å². The van der Waals surface area contributed by atoms with E-state index in [-0.39, 0.29) is 4.73 Å². The van der Waals surface area contributed by atoms with E-state index in [1.54, 1.807) is 0 Å². The van der Waals surface area contributed by atoms with Crippen LogP contribution in [0.2, 0.25) is 0 Å². The lowest BCUT2D eigenvalue weighted by Gasteiger charge is -2.10. The molecule has 5 nitrogen and oxygen atoms in total. The van der Waals surface area contributed by atoms with Crippen molar-refractivity contribution < 1.29 is 17.9 Å². The number of rotatable bonds is 1. The highest BCUT2D eigenvalue weighted by molar-refractivity contribution is 5.98. The molecule has 0 spiro atoms. The summed E-state index contributed by atoms with van der Waals surface area (Å²) in [5.41, 5.74) is 3.16. The largest absolute Gasteiger partial charge is 0.618 e. The van der Waals surface area contributed by atoms with Crippen molar-refractivity contribution in [2.24, 2.45) is 16.7 Å². The van der Waals surface area contributed by atoms with E-state index in [1.807, 2.05) is 0 Å². The van der Waals surface area contributed by atoms with E-state index in [0.717, 1.165) is 18.3 Å². The smallest absolute Gasteiger partial charge is 0.479 e. The van der Waals surface area contributed by atoms with Crippen LogP contribution in [-0.2, 0) is 6.18 Å². The van der Waals surface area contributed by atoms with Crippen LogP contribution in [0.3, 0.4) is 0 Å². The van der Waals surface area contributed by atoms with Crippen LogP contribution >= 0.6 is 0 Å². The van der Waals surface area contributed by atoms with Crippen LogP contribution < -0.4 is 16.3 Å². The predicted octanol–water partition coefficient (Wildman–Crippen LogP) is -0.0822. The van der Waals surface area contributed by atoms with E-state index in [9.17, 15) is 18.4 Å². The number of hydrazone groups is 1. The Balaban J connectivity index is 3.47. The Morgan fingerprint density at radius 3 is 2.53 bits per heavy atom. The number of alkyl halides is 3. The number of nitrogens with two attached hydrogens (primary N) is 2. The number of halogens is 3. The van der Waals surface area contributed by atoms with Gasteiger partial charge in [-0.1, -0.05) is 0 Å². The summed E-state index contributed by atoms with van der Waals surface area (Å²) in [5, 5.41) is 13.9. The second kappa shape index (κ2) is 3.64. The van der Waals surface area contributed by atoms with Crippen molar-refractivity contribution in [1.82, 2.24) is 0 Å². The Hall–Kier alpha value is -1.99. The summed E-state index contributed by atoms with van der Waals surface area (Å²) >= 11 is 0. The van der Waals surface area contributed by atoms with Gasteiger partial charge in [0.1, 0.15) is 0 Å². The van der Waals surface area contributed by atoms with Crippen LogP contribution in [0.1, 0.15) is 11.3 Å². The fourth-order valence-corrected chi connectivity index (χ4v) is 1.04. The van der Waals surface area contributed by atoms with Gasteiger partial charge in [-0.3, -0.25) is 0 Å². The molecule has 0 aliphatic carbocycles. The van der Waals surface area contributed by atoms with Crippen molar-refractivity contribution in [2.45, 2.75) is 6.18 Å². The molecule has 1 rings (SSSR count). The van der Waals surface area contributed by atoms with Crippen molar-refractivity contribution in [1.29, 1.82) is 0 Å². The van der Waals surface area contributed by atoms with Crippen LogP contribution in [0.5, 0.6) is 0 Å². The van der Waals surface area contributed by atoms with Gasteiger partial charge in [0.15, 0.2) is 12.0 Å². The maximum absolute atomic E-state index is 12.4. The molecular formula is C7H7F3N4O. The lowest BCUT2D eigenvalue weighted by molar-refractivity contribution is -0.629. The number of nitrogens with zero attached hydrogens (tertiary/aromatic N) is 2. The standard InChI is InChI=1S/C7H7F3N4O/c8-7(9,10)5-4(6(11)13-12)2-1-3-14(5)15/h1-3H,12H2,(H2,11,13). The topological polar surface area (TPSA) is 91.3 Å². The Kier molecular flexibility index (Phi) is 2.69. The first-order valence-electron chi connectivity index (χ1n) is 3.71. The van der Waals surface area contributed by atoms with Gasteiger partial charge in [0.2, 0.25) is 0 Å². The third-order valence-electron chi connectivity index (χ3n) is 1.64. The second-order valence-electron chi connectivity index (χ2n) is 2.61. The average Bonchev–Trinajstić information content (AvgIpc) is 2.14. The maximum Gasteiger partial charge on any atom is 0.479 e. The monoisotopic (exact) mass is 220 g/mol. The van der Waals surface area contributed by atoms with Gasteiger partial charge in [0.05, 0.1) is 5.56 Å². The van der Waals surface area contributed by atoms with Crippen molar-refractivity contribution in [3.63, 3.8) is 0 Å². The third-order valence-corrected chi connectivity index (χ3v) is 1.64. The van der Waals surface area contributed by atoms with Gasteiger partial charge in [-0.25, -0.2) is 0 Å². The minimum absolute atomic E-state index is 0.326. The quantitative estimate of drug-likeness (QED) is 0.173. The maximum atomic E-state index is 12.4. The molecule has 0 aliphatic heterocycles. The summed E-state index contributed by atoms with van der Waals surface area (Å²) < 4.78 is 37.0. The van der Waals surface area contributed by atoms with E-state index < -0.39 is 23.3 Å². The van der Waals surface area contributed by atoms with Crippen molar-refractivity contribution in [3.05, 3.63) is 34.8 Å². The minimum Gasteiger partial charge on any atom is -0.618 e. The fourth-order valence-electron chi connectivity index (χ4n) is 1.04. The Morgan fingerprint density at radius 1 is 1.47 bits per heavy atom. The molecule has 0 fully saturated rings. The normalized spacial score (nSPS) is 12.9. The molecule has 0 atom stereocenters. The first-order chi connectivity index (χ1) is 6.88. The van der Waals surface area contributed by atoms with Gasteiger partial charge in [-0.2, -0.15) is 23.0 Å². The SMILES string of the molecule is N/N=C(/N)c1ccc[n+]([O-])c1C(F)(F)F. The average molecular weight is 220 g/mol. The Morgan fingerprint density at radius 2 is 2.07 bits per heavy atom. The van der Waals surface area contributed by atoms with Crippen molar-refractivity contribution in [2.75, 3.05) is 0 Å². The third kappa shape index (κ3) is 2.09. The van der Waals surface area contributed by atoms with E-state index >= 15 is 0 Å². The molecule has 0 bridgehead atoms. The highest BCUT2D eigenvalue weighted by Crippen LogP contribution is 2.28. The highest BCUT2D eigenvalue weighted by Gasteiger charge is 2.43. The zero-order chi connectivity index (χ0) is 11.6. The summed E-state index contributed by atoms with van der Waals surface area (Å²) in [6.45, 7) is 0.